The van der Waals surface area contributed by atoms with E-state index in [2.05, 4.69) is 31.1 Å². The lowest BCUT2D eigenvalue weighted by atomic mass is 10.3. The third-order valence-corrected chi connectivity index (χ3v) is 4.15. The zero-order valence-corrected chi connectivity index (χ0v) is 12.5. The number of para-hydroxylation sites is 3. The van der Waals surface area contributed by atoms with E-state index < -0.39 is 0 Å². The van der Waals surface area contributed by atoms with Gasteiger partial charge in [0.15, 0.2) is 0 Å². The van der Waals surface area contributed by atoms with Gasteiger partial charge in [-0.1, -0.05) is 41.7 Å². The number of nitrogens with one attached hydrogen (secondary N) is 1. The van der Waals surface area contributed by atoms with Crippen molar-refractivity contribution in [2.45, 2.75) is 6.54 Å². The van der Waals surface area contributed by atoms with Gasteiger partial charge in [0.05, 0.1) is 23.9 Å². The number of hydrogen-bond donors (Lipinski definition) is 1. The highest BCUT2D eigenvalue weighted by Gasteiger charge is 2.07. The van der Waals surface area contributed by atoms with Crippen LogP contribution in [0.5, 0.6) is 0 Å². The molecule has 0 spiro atoms. The van der Waals surface area contributed by atoms with E-state index in [1.807, 2.05) is 54.9 Å². The van der Waals surface area contributed by atoms with Crippen LogP contribution in [0.15, 0.2) is 60.9 Å². The number of nitrogens with zero attached hydrogens (tertiary/aromatic N) is 4. The molecule has 4 rings (SSSR count). The fourth-order valence-corrected chi connectivity index (χ4v) is 3.05. The Morgan fingerprint density at radius 2 is 1.77 bits per heavy atom. The van der Waals surface area contributed by atoms with Gasteiger partial charge < -0.3 is 9.88 Å². The average Bonchev–Trinajstić information content (AvgIpc) is 3.17. The summed E-state index contributed by atoms with van der Waals surface area (Å²) < 4.78 is 2.09. The van der Waals surface area contributed by atoms with Crippen LogP contribution < -0.4 is 5.32 Å². The van der Waals surface area contributed by atoms with Gasteiger partial charge in [0.25, 0.3) is 0 Å². The van der Waals surface area contributed by atoms with Crippen LogP contribution in [0.4, 0.5) is 10.8 Å². The summed E-state index contributed by atoms with van der Waals surface area (Å²) in [6.45, 7) is 0.675. The Balaban J connectivity index is 1.54. The van der Waals surface area contributed by atoms with Crippen LogP contribution in [0.2, 0.25) is 0 Å². The summed E-state index contributed by atoms with van der Waals surface area (Å²) in [5.41, 5.74) is 3.11. The smallest absolute Gasteiger partial charge is 0.210 e. The lowest BCUT2D eigenvalue weighted by molar-refractivity contribution is 0.800. The Morgan fingerprint density at radius 1 is 0.955 bits per heavy atom. The molecule has 22 heavy (non-hydrogen) atoms. The molecule has 6 heteroatoms. The molecule has 0 aliphatic heterocycles. The van der Waals surface area contributed by atoms with Crippen molar-refractivity contribution in [3.63, 3.8) is 0 Å². The molecule has 4 aromatic rings. The Hall–Kier alpha value is -2.73. The maximum absolute atomic E-state index is 4.39. The summed E-state index contributed by atoms with van der Waals surface area (Å²) in [6.07, 6.45) is 1.84. The highest BCUT2D eigenvalue weighted by molar-refractivity contribution is 7.15. The molecule has 0 atom stereocenters. The van der Waals surface area contributed by atoms with Crippen molar-refractivity contribution in [3.8, 4) is 0 Å². The van der Waals surface area contributed by atoms with Gasteiger partial charge in [-0.15, -0.1) is 10.2 Å². The number of rotatable bonds is 4. The van der Waals surface area contributed by atoms with Gasteiger partial charge in [0.2, 0.25) is 5.13 Å². The molecule has 2 aromatic carbocycles. The zero-order chi connectivity index (χ0) is 14.8. The molecule has 2 heterocycles. The molecule has 0 saturated heterocycles. The molecule has 0 amide bonds. The number of fused-ring (bicyclic) bond motifs is 1. The zero-order valence-electron chi connectivity index (χ0n) is 11.7. The summed E-state index contributed by atoms with van der Waals surface area (Å²) in [7, 11) is 0. The number of hydrogen-bond acceptors (Lipinski definition) is 5. The molecular formula is C16H13N5S. The summed E-state index contributed by atoms with van der Waals surface area (Å²) >= 11 is 1.55. The first kappa shape index (κ1) is 13.0. The van der Waals surface area contributed by atoms with Gasteiger partial charge in [-0.05, 0) is 24.3 Å². The predicted octanol–water partition coefficient (Wildman–Crippen LogP) is 3.68. The number of aromatic nitrogens is 4. The van der Waals surface area contributed by atoms with Crippen LogP contribution in [0.3, 0.4) is 0 Å². The summed E-state index contributed by atoms with van der Waals surface area (Å²) in [6, 6.07) is 18.1. The minimum Gasteiger partial charge on any atom is -0.330 e. The lowest BCUT2D eigenvalue weighted by Gasteiger charge is -2.00. The highest BCUT2D eigenvalue weighted by atomic mass is 32.1. The average molecular weight is 307 g/mol. The second-order valence-corrected chi connectivity index (χ2v) is 5.92. The molecule has 0 aliphatic rings. The summed E-state index contributed by atoms with van der Waals surface area (Å²) in [5.74, 6) is 0. The Labute approximate surface area is 131 Å². The lowest BCUT2D eigenvalue weighted by Crippen LogP contribution is -1.97. The molecule has 0 fully saturated rings. The van der Waals surface area contributed by atoms with Crippen LogP contribution >= 0.6 is 11.3 Å². The summed E-state index contributed by atoms with van der Waals surface area (Å²) in [4.78, 5) is 4.39. The molecule has 108 valence electrons. The minimum atomic E-state index is 0.675. The van der Waals surface area contributed by atoms with Crippen LogP contribution in [0.25, 0.3) is 11.0 Å². The fourth-order valence-electron chi connectivity index (χ4n) is 2.29. The first-order valence-electron chi connectivity index (χ1n) is 6.93. The minimum absolute atomic E-state index is 0.675. The summed E-state index contributed by atoms with van der Waals surface area (Å²) in [5, 5.41) is 13.5. The predicted molar refractivity (Wildman–Crippen MR) is 88.5 cm³/mol. The highest BCUT2D eigenvalue weighted by Crippen LogP contribution is 2.22. The van der Waals surface area contributed by atoms with E-state index in [-0.39, 0.29) is 0 Å². The second kappa shape index (κ2) is 5.57. The molecule has 0 bridgehead atoms. The van der Waals surface area contributed by atoms with Gasteiger partial charge >= 0.3 is 0 Å². The van der Waals surface area contributed by atoms with Gasteiger partial charge in [0.1, 0.15) is 5.01 Å². The Kier molecular flexibility index (Phi) is 3.29. The van der Waals surface area contributed by atoms with Gasteiger partial charge in [0, 0.05) is 5.69 Å². The van der Waals surface area contributed by atoms with Gasteiger partial charge in [-0.3, -0.25) is 0 Å². The maximum atomic E-state index is 4.39. The molecule has 0 radical (unpaired) electrons. The van der Waals surface area contributed by atoms with Crippen molar-refractivity contribution >= 4 is 33.2 Å². The standard InChI is InChI=1S/C16H13N5S/c1-2-6-12(7-3-1)18-16-20-19-15(22-16)10-21-11-17-13-8-4-5-9-14(13)21/h1-9,11H,10H2,(H,18,20). The topological polar surface area (TPSA) is 55.6 Å². The molecule has 2 aromatic heterocycles. The second-order valence-electron chi connectivity index (χ2n) is 4.85. The van der Waals surface area contributed by atoms with E-state index in [0.717, 1.165) is 26.9 Å². The largest absolute Gasteiger partial charge is 0.330 e. The van der Waals surface area contributed by atoms with E-state index in [1.165, 1.54) is 0 Å². The fraction of sp³-hybridized carbons (Fsp3) is 0.0625. The van der Waals surface area contributed by atoms with Crippen molar-refractivity contribution < 1.29 is 0 Å². The first-order valence-corrected chi connectivity index (χ1v) is 7.74. The molecule has 5 nitrogen and oxygen atoms in total. The van der Waals surface area contributed by atoms with Crippen LogP contribution in [0, 0.1) is 0 Å². The molecular weight excluding hydrogens is 294 g/mol. The molecule has 0 saturated carbocycles. The molecule has 1 N–H and O–H groups in total. The molecule has 0 aliphatic carbocycles. The first-order chi connectivity index (χ1) is 10.9. The number of anilines is 2. The van der Waals surface area contributed by atoms with E-state index in [4.69, 9.17) is 0 Å². The van der Waals surface area contributed by atoms with Crippen molar-refractivity contribution in [2.75, 3.05) is 5.32 Å². The molecule has 0 unspecified atom stereocenters. The third-order valence-electron chi connectivity index (χ3n) is 3.32. The van der Waals surface area contributed by atoms with Crippen molar-refractivity contribution in [3.05, 3.63) is 65.9 Å². The van der Waals surface area contributed by atoms with E-state index >= 15 is 0 Å². The van der Waals surface area contributed by atoms with Gasteiger partial charge in [-0.25, -0.2) is 4.98 Å². The monoisotopic (exact) mass is 307 g/mol. The Bertz CT molecular complexity index is 897. The van der Waals surface area contributed by atoms with Crippen LogP contribution in [-0.2, 0) is 6.54 Å². The van der Waals surface area contributed by atoms with Crippen molar-refractivity contribution in [1.29, 1.82) is 0 Å². The third kappa shape index (κ3) is 2.56. The number of benzene rings is 2. The SMILES string of the molecule is c1ccc(Nc2nnc(Cn3cnc4ccccc43)s2)cc1. The maximum Gasteiger partial charge on any atom is 0.210 e. The number of imidazole rings is 1. The van der Waals surface area contributed by atoms with E-state index in [1.54, 1.807) is 11.3 Å². The van der Waals surface area contributed by atoms with Crippen molar-refractivity contribution in [1.82, 2.24) is 19.7 Å². The van der Waals surface area contributed by atoms with Crippen LogP contribution in [0.1, 0.15) is 5.01 Å². The van der Waals surface area contributed by atoms with E-state index in [0.29, 0.717) is 6.54 Å². The normalized spacial score (nSPS) is 10.9. The van der Waals surface area contributed by atoms with Crippen molar-refractivity contribution in [2.24, 2.45) is 0 Å². The van der Waals surface area contributed by atoms with E-state index in [9.17, 15) is 0 Å². The quantitative estimate of drug-likeness (QED) is 0.625. The Morgan fingerprint density at radius 3 is 2.68 bits per heavy atom. The van der Waals surface area contributed by atoms with Gasteiger partial charge in [-0.2, -0.15) is 0 Å². The van der Waals surface area contributed by atoms with Crippen LogP contribution in [-0.4, -0.2) is 19.7 Å².